The number of nitrogens with zero attached hydrogens (tertiary/aromatic N) is 1. The van der Waals surface area contributed by atoms with E-state index < -0.39 is 0 Å². The molecule has 0 unspecified atom stereocenters. The molecular formula is C14H10ClNS. The molecule has 0 spiro atoms. The molecule has 0 saturated heterocycles. The molecule has 0 heterocycles. The maximum Gasteiger partial charge on any atom is 0.0994 e. The lowest BCUT2D eigenvalue weighted by atomic mass is 10.1. The van der Waals surface area contributed by atoms with Crippen molar-refractivity contribution in [2.24, 2.45) is 0 Å². The second kappa shape index (κ2) is 5.27. The van der Waals surface area contributed by atoms with Gasteiger partial charge in [0.05, 0.1) is 11.6 Å². The van der Waals surface area contributed by atoms with E-state index in [0.29, 0.717) is 0 Å². The molecule has 0 saturated carbocycles. The van der Waals surface area contributed by atoms with Crippen LogP contribution in [0.3, 0.4) is 0 Å². The SMILES string of the molecule is Cc1cc(Sc2cccc(Cl)c2)ccc1C#N. The summed E-state index contributed by atoms with van der Waals surface area (Å²) >= 11 is 7.57. The number of hydrogen-bond donors (Lipinski definition) is 0. The molecule has 0 atom stereocenters. The fourth-order valence-corrected chi connectivity index (χ4v) is 2.72. The predicted molar refractivity (Wildman–Crippen MR) is 71.5 cm³/mol. The Morgan fingerprint density at radius 1 is 1.12 bits per heavy atom. The fraction of sp³-hybridized carbons (Fsp3) is 0.0714. The van der Waals surface area contributed by atoms with Crippen molar-refractivity contribution in [3.8, 4) is 6.07 Å². The molecule has 0 aliphatic carbocycles. The first kappa shape index (κ1) is 12.0. The van der Waals surface area contributed by atoms with Crippen LogP contribution in [0.5, 0.6) is 0 Å². The summed E-state index contributed by atoms with van der Waals surface area (Å²) in [6.07, 6.45) is 0. The van der Waals surface area contributed by atoms with Gasteiger partial charge in [0, 0.05) is 14.8 Å². The van der Waals surface area contributed by atoms with Crippen molar-refractivity contribution in [2.75, 3.05) is 0 Å². The Hall–Kier alpha value is -1.43. The Kier molecular flexibility index (Phi) is 3.73. The van der Waals surface area contributed by atoms with Gasteiger partial charge in [-0.25, -0.2) is 0 Å². The molecule has 0 aliphatic heterocycles. The van der Waals surface area contributed by atoms with Crippen LogP contribution in [0.25, 0.3) is 0 Å². The molecule has 2 rings (SSSR count). The number of nitriles is 1. The lowest BCUT2D eigenvalue weighted by Crippen LogP contribution is -1.82. The van der Waals surface area contributed by atoms with Crippen LogP contribution in [0, 0.1) is 18.3 Å². The van der Waals surface area contributed by atoms with Gasteiger partial charge in [0.15, 0.2) is 0 Å². The van der Waals surface area contributed by atoms with Gasteiger partial charge in [0.25, 0.3) is 0 Å². The van der Waals surface area contributed by atoms with E-state index in [1.165, 1.54) is 0 Å². The highest BCUT2D eigenvalue weighted by Gasteiger charge is 2.01. The smallest absolute Gasteiger partial charge is 0.0994 e. The molecule has 17 heavy (non-hydrogen) atoms. The van der Waals surface area contributed by atoms with E-state index in [9.17, 15) is 0 Å². The molecule has 2 aromatic rings. The minimum atomic E-state index is 0.723. The van der Waals surface area contributed by atoms with Crippen molar-refractivity contribution in [3.05, 3.63) is 58.6 Å². The highest BCUT2D eigenvalue weighted by atomic mass is 35.5. The molecule has 84 valence electrons. The van der Waals surface area contributed by atoms with E-state index in [1.54, 1.807) is 11.8 Å². The monoisotopic (exact) mass is 259 g/mol. The zero-order chi connectivity index (χ0) is 12.3. The lowest BCUT2D eigenvalue weighted by Gasteiger charge is -2.04. The fourth-order valence-electron chi connectivity index (χ4n) is 1.49. The maximum absolute atomic E-state index is 8.86. The highest BCUT2D eigenvalue weighted by molar-refractivity contribution is 7.99. The highest BCUT2D eigenvalue weighted by Crippen LogP contribution is 2.30. The first-order valence-corrected chi connectivity index (χ1v) is 6.32. The lowest BCUT2D eigenvalue weighted by molar-refractivity contribution is 1.31. The standard InChI is InChI=1S/C14H10ClNS/c1-10-7-14(6-5-11(10)9-16)17-13-4-2-3-12(15)8-13/h2-8H,1H3. The quantitative estimate of drug-likeness (QED) is 0.782. The molecule has 0 N–H and O–H groups in total. The summed E-state index contributed by atoms with van der Waals surface area (Å²) in [6.45, 7) is 1.95. The molecule has 1 nitrogen and oxygen atoms in total. The van der Waals surface area contributed by atoms with Crippen LogP contribution in [0.1, 0.15) is 11.1 Å². The van der Waals surface area contributed by atoms with Crippen molar-refractivity contribution >= 4 is 23.4 Å². The van der Waals surface area contributed by atoms with Crippen LogP contribution in [-0.4, -0.2) is 0 Å². The Morgan fingerprint density at radius 3 is 2.53 bits per heavy atom. The van der Waals surface area contributed by atoms with Crippen molar-refractivity contribution in [2.45, 2.75) is 16.7 Å². The zero-order valence-corrected chi connectivity index (χ0v) is 10.8. The van der Waals surface area contributed by atoms with E-state index in [0.717, 1.165) is 25.9 Å². The largest absolute Gasteiger partial charge is 0.192 e. The Balaban J connectivity index is 2.25. The Bertz CT molecular complexity index is 587. The summed E-state index contributed by atoms with van der Waals surface area (Å²) in [4.78, 5) is 2.21. The van der Waals surface area contributed by atoms with E-state index >= 15 is 0 Å². The van der Waals surface area contributed by atoms with Gasteiger partial charge in [-0.15, -0.1) is 0 Å². The number of benzene rings is 2. The van der Waals surface area contributed by atoms with Crippen LogP contribution in [0.15, 0.2) is 52.3 Å². The van der Waals surface area contributed by atoms with Crippen LogP contribution >= 0.6 is 23.4 Å². The van der Waals surface area contributed by atoms with Gasteiger partial charge < -0.3 is 0 Å². The van der Waals surface area contributed by atoms with E-state index in [4.69, 9.17) is 16.9 Å². The van der Waals surface area contributed by atoms with E-state index in [2.05, 4.69) is 6.07 Å². The second-order valence-electron chi connectivity index (χ2n) is 3.65. The summed E-state index contributed by atoms with van der Waals surface area (Å²) in [6, 6.07) is 15.7. The van der Waals surface area contributed by atoms with E-state index in [-0.39, 0.29) is 0 Å². The first-order chi connectivity index (χ1) is 8.19. The average Bonchev–Trinajstić information content (AvgIpc) is 2.29. The van der Waals surface area contributed by atoms with Crippen LogP contribution in [0.4, 0.5) is 0 Å². The summed E-state index contributed by atoms with van der Waals surface area (Å²) < 4.78 is 0. The van der Waals surface area contributed by atoms with Crippen LogP contribution in [0.2, 0.25) is 5.02 Å². The third kappa shape index (κ3) is 3.03. The third-order valence-electron chi connectivity index (χ3n) is 2.35. The Labute approximate surface area is 110 Å². The van der Waals surface area contributed by atoms with Gasteiger partial charge in [0.1, 0.15) is 0 Å². The predicted octanol–water partition coefficient (Wildman–Crippen LogP) is 4.67. The van der Waals surface area contributed by atoms with Crippen molar-refractivity contribution in [1.82, 2.24) is 0 Å². The molecule has 0 radical (unpaired) electrons. The second-order valence-corrected chi connectivity index (χ2v) is 5.23. The van der Waals surface area contributed by atoms with Crippen molar-refractivity contribution in [1.29, 1.82) is 5.26 Å². The van der Waals surface area contributed by atoms with Crippen LogP contribution in [-0.2, 0) is 0 Å². The van der Waals surface area contributed by atoms with Gasteiger partial charge in [-0.1, -0.05) is 29.4 Å². The normalized spacial score (nSPS) is 9.94. The van der Waals surface area contributed by atoms with Gasteiger partial charge in [0.2, 0.25) is 0 Å². The molecule has 0 bridgehead atoms. The van der Waals surface area contributed by atoms with Gasteiger partial charge in [-0.2, -0.15) is 5.26 Å². The van der Waals surface area contributed by atoms with Crippen molar-refractivity contribution in [3.63, 3.8) is 0 Å². The molecule has 2 aromatic carbocycles. The molecule has 0 aliphatic rings. The topological polar surface area (TPSA) is 23.8 Å². The molecule has 0 aromatic heterocycles. The van der Waals surface area contributed by atoms with Crippen LogP contribution < -0.4 is 0 Å². The number of rotatable bonds is 2. The van der Waals surface area contributed by atoms with Gasteiger partial charge in [-0.05, 0) is 48.9 Å². The van der Waals surface area contributed by atoms with Gasteiger partial charge >= 0.3 is 0 Å². The van der Waals surface area contributed by atoms with E-state index in [1.807, 2.05) is 49.4 Å². The minimum absolute atomic E-state index is 0.723. The number of halogens is 1. The summed E-state index contributed by atoms with van der Waals surface area (Å²) in [7, 11) is 0. The zero-order valence-electron chi connectivity index (χ0n) is 9.27. The number of aryl methyl sites for hydroxylation is 1. The maximum atomic E-state index is 8.86. The summed E-state index contributed by atoms with van der Waals surface area (Å²) in [5.74, 6) is 0. The number of hydrogen-bond acceptors (Lipinski definition) is 2. The molecule has 0 amide bonds. The average molecular weight is 260 g/mol. The summed E-state index contributed by atoms with van der Waals surface area (Å²) in [5.41, 5.74) is 1.72. The van der Waals surface area contributed by atoms with Crippen molar-refractivity contribution < 1.29 is 0 Å². The first-order valence-electron chi connectivity index (χ1n) is 5.13. The molecule has 0 fully saturated rings. The molecular weight excluding hydrogens is 250 g/mol. The summed E-state index contributed by atoms with van der Waals surface area (Å²) in [5, 5.41) is 9.60. The van der Waals surface area contributed by atoms with Gasteiger partial charge in [-0.3, -0.25) is 0 Å². The molecule has 3 heteroatoms. The minimum Gasteiger partial charge on any atom is -0.192 e. The third-order valence-corrected chi connectivity index (χ3v) is 3.56. The Morgan fingerprint density at radius 2 is 1.88 bits per heavy atom.